The maximum absolute atomic E-state index is 5.53. The van der Waals surface area contributed by atoms with Crippen molar-refractivity contribution in [1.29, 1.82) is 0 Å². The molecular weight excluding hydrogens is 148 g/mol. The Bertz CT molecular complexity index is 268. The van der Waals surface area contributed by atoms with Crippen LogP contribution in [0.15, 0.2) is 24.3 Å². The molecule has 0 saturated heterocycles. The fraction of sp³-hybridized carbons (Fsp3) is 0.400. The van der Waals surface area contributed by atoms with E-state index in [0.717, 1.165) is 19.5 Å². The summed E-state index contributed by atoms with van der Waals surface area (Å²) in [6.07, 6.45) is 1.04. The summed E-state index contributed by atoms with van der Waals surface area (Å²) >= 11 is 0. The molecule has 0 aromatic heterocycles. The van der Waals surface area contributed by atoms with E-state index < -0.39 is 0 Å². The van der Waals surface area contributed by atoms with E-state index in [1.165, 1.54) is 11.1 Å². The van der Waals surface area contributed by atoms with Crippen molar-refractivity contribution in [1.82, 2.24) is 5.32 Å². The van der Waals surface area contributed by atoms with Gasteiger partial charge in [-0.3, -0.25) is 0 Å². The van der Waals surface area contributed by atoms with Crippen LogP contribution in [0.25, 0.3) is 0 Å². The summed E-state index contributed by atoms with van der Waals surface area (Å²) in [5.41, 5.74) is 8.39. The van der Waals surface area contributed by atoms with Crippen molar-refractivity contribution in [3.8, 4) is 0 Å². The van der Waals surface area contributed by atoms with Crippen LogP contribution in [-0.2, 0) is 6.54 Å². The predicted molar refractivity (Wildman–Crippen MR) is 49.7 cm³/mol. The largest absolute Gasteiger partial charge is 0.330 e. The first-order chi connectivity index (χ1) is 5.92. The smallest absolute Gasteiger partial charge is 0.0338 e. The zero-order valence-electron chi connectivity index (χ0n) is 7.09. The van der Waals surface area contributed by atoms with Gasteiger partial charge in [-0.1, -0.05) is 24.3 Å². The van der Waals surface area contributed by atoms with E-state index in [0.29, 0.717) is 6.04 Å². The normalized spacial score (nSPS) is 20.9. The van der Waals surface area contributed by atoms with Crippen LogP contribution in [0.4, 0.5) is 0 Å². The second kappa shape index (κ2) is 3.25. The minimum Gasteiger partial charge on any atom is -0.330 e. The average Bonchev–Trinajstić information content (AvgIpc) is 2.50. The van der Waals surface area contributed by atoms with Gasteiger partial charge in [0.25, 0.3) is 0 Å². The third-order valence-corrected chi connectivity index (χ3v) is 2.42. The quantitative estimate of drug-likeness (QED) is 0.685. The topological polar surface area (TPSA) is 38.0 Å². The van der Waals surface area contributed by atoms with Gasteiger partial charge in [-0.05, 0) is 24.1 Å². The summed E-state index contributed by atoms with van der Waals surface area (Å²) in [4.78, 5) is 0. The lowest BCUT2D eigenvalue weighted by atomic mass is 10.0. The molecule has 1 atom stereocenters. The van der Waals surface area contributed by atoms with Crippen LogP contribution >= 0.6 is 0 Å². The molecule has 2 rings (SSSR count). The van der Waals surface area contributed by atoms with Gasteiger partial charge in [-0.2, -0.15) is 0 Å². The molecule has 0 radical (unpaired) electrons. The molecule has 2 heteroatoms. The summed E-state index contributed by atoms with van der Waals surface area (Å²) in [6.45, 7) is 1.76. The maximum atomic E-state index is 5.53. The molecule has 2 nitrogen and oxygen atoms in total. The van der Waals surface area contributed by atoms with E-state index in [1.54, 1.807) is 0 Å². The number of benzene rings is 1. The molecule has 0 spiro atoms. The first kappa shape index (κ1) is 7.77. The fourth-order valence-electron chi connectivity index (χ4n) is 1.80. The highest BCUT2D eigenvalue weighted by molar-refractivity contribution is 5.33. The fourth-order valence-corrected chi connectivity index (χ4v) is 1.80. The number of rotatable bonds is 2. The molecule has 1 aliphatic heterocycles. The number of hydrogen-bond acceptors (Lipinski definition) is 2. The Morgan fingerprint density at radius 1 is 1.42 bits per heavy atom. The Morgan fingerprint density at radius 3 is 3.08 bits per heavy atom. The first-order valence-electron chi connectivity index (χ1n) is 4.43. The molecule has 3 N–H and O–H groups in total. The van der Waals surface area contributed by atoms with Crippen molar-refractivity contribution in [3.63, 3.8) is 0 Å². The lowest BCUT2D eigenvalue weighted by molar-refractivity contribution is 0.549. The Morgan fingerprint density at radius 2 is 2.25 bits per heavy atom. The number of fused-ring (bicyclic) bond motifs is 1. The Balaban J connectivity index is 2.24. The molecule has 0 saturated carbocycles. The van der Waals surface area contributed by atoms with E-state index in [2.05, 4.69) is 29.6 Å². The zero-order chi connectivity index (χ0) is 8.39. The van der Waals surface area contributed by atoms with E-state index in [4.69, 9.17) is 5.73 Å². The van der Waals surface area contributed by atoms with Crippen molar-refractivity contribution in [2.75, 3.05) is 6.54 Å². The molecule has 64 valence electrons. The van der Waals surface area contributed by atoms with Crippen LogP contribution in [-0.4, -0.2) is 6.54 Å². The third-order valence-electron chi connectivity index (χ3n) is 2.42. The van der Waals surface area contributed by atoms with Crippen LogP contribution in [0, 0.1) is 0 Å². The van der Waals surface area contributed by atoms with E-state index in [9.17, 15) is 0 Å². The van der Waals surface area contributed by atoms with Crippen LogP contribution < -0.4 is 11.1 Å². The summed E-state index contributed by atoms with van der Waals surface area (Å²) in [5.74, 6) is 0. The highest BCUT2D eigenvalue weighted by Crippen LogP contribution is 2.26. The molecule has 1 aromatic rings. The van der Waals surface area contributed by atoms with Gasteiger partial charge in [0.1, 0.15) is 0 Å². The van der Waals surface area contributed by atoms with Crippen LogP contribution in [0.3, 0.4) is 0 Å². The predicted octanol–water partition coefficient (Wildman–Crippen LogP) is 1.18. The highest BCUT2D eigenvalue weighted by Gasteiger charge is 2.19. The third kappa shape index (κ3) is 1.24. The van der Waals surface area contributed by atoms with E-state index in [-0.39, 0.29) is 0 Å². The summed E-state index contributed by atoms with van der Waals surface area (Å²) in [5, 5.41) is 3.44. The highest BCUT2D eigenvalue weighted by atomic mass is 14.9. The average molecular weight is 162 g/mol. The standard InChI is InChI=1S/C10H14N2/c11-6-5-10-9-4-2-1-3-8(9)7-12-10/h1-4,10,12H,5-7,11H2. The lowest BCUT2D eigenvalue weighted by Gasteiger charge is -2.09. The second-order valence-electron chi connectivity index (χ2n) is 3.21. The molecule has 1 unspecified atom stereocenters. The van der Waals surface area contributed by atoms with Gasteiger partial charge in [0, 0.05) is 12.6 Å². The minimum atomic E-state index is 0.492. The van der Waals surface area contributed by atoms with Crippen molar-refractivity contribution < 1.29 is 0 Å². The molecule has 0 bridgehead atoms. The van der Waals surface area contributed by atoms with E-state index >= 15 is 0 Å². The lowest BCUT2D eigenvalue weighted by Crippen LogP contribution is -2.16. The molecule has 0 amide bonds. The molecule has 12 heavy (non-hydrogen) atoms. The number of nitrogens with one attached hydrogen (secondary N) is 1. The van der Waals surface area contributed by atoms with Gasteiger partial charge in [-0.15, -0.1) is 0 Å². The zero-order valence-corrected chi connectivity index (χ0v) is 7.09. The van der Waals surface area contributed by atoms with E-state index in [1.807, 2.05) is 0 Å². The van der Waals surface area contributed by atoms with Gasteiger partial charge in [0.2, 0.25) is 0 Å². The Kier molecular flexibility index (Phi) is 2.11. The molecular formula is C10H14N2. The molecule has 1 aliphatic rings. The second-order valence-corrected chi connectivity index (χ2v) is 3.21. The van der Waals surface area contributed by atoms with Gasteiger partial charge in [0.15, 0.2) is 0 Å². The van der Waals surface area contributed by atoms with Crippen LogP contribution in [0.1, 0.15) is 23.6 Å². The maximum Gasteiger partial charge on any atom is 0.0338 e. The molecule has 0 fully saturated rings. The number of nitrogens with two attached hydrogens (primary N) is 1. The summed E-state index contributed by atoms with van der Waals surface area (Å²) < 4.78 is 0. The van der Waals surface area contributed by atoms with Gasteiger partial charge in [0.05, 0.1) is 0 Å². The van der Waals surface area contributed by atoms with Crippen molar-refractivity contribution >= 4 is 0 Å². The molecule has 0 aliphatic carbocycles. The Labute approximate surface area is 72.8 Å². The van der Waals surface area contributed by atoms with Gasteiger partial charge >= 0.3 is 0 Å². The number of hydrogen-bond donors (Lipinski definition) is 2. The monoisotopic (exact) mass is 162 g/mol. The SMILES string of the molecule is NCCC1NCc2ccccc21. The summed E-state index contributed by atoms with van der Waals surface area (Å²) in [6, 6.07) is 9.04. The molecule has 1 heterocycles. The van der Waals surface area contributed by atoms with Crippen LogP contribution in [0.2, 0.25) is 0 Å². The van der Waals surface area contributed by atoms with Crippen molar-refractivity contribution in [3.05, 3.63) is 35.4 Å². The van der Waals surface area contributed by atoms with Crippen molar-refractivity contribution in [2.45, 2.75) is 19.0 Å². The Hall–Kier alpha value is -0.860. The minimum absolute atomic E-state index is 0.492. The van der Waals surface area contributed by atoms with Gasteiger partial charge < -0.3 is 11.1 Å². The molecule has 1 aromatic carbocycles. The van der Waals surface area contributed by atoms with Crippen LogP contribution in [0.5, 0.6) is 0 Å². The van der Waals surface area contributed by atoms with Crippen molar-refractivity contribution in [2.24, 2.45) is 5.73 Å². The first-order valence-corrected chi connectivity index (χ1v) is 4.43. The summed E-state index contributed by atoms with van der Waals surface area (Å²) in [7, 11) is 0. The van der Waals surface area contributed by atoms with Gasteiger partial charge in [-0.25, -0.2) is 0 Å².